The van der Waals surface area contributed by atoms with Crippen molar-refractivity contribution in [2.75, 3.05) is 13.1 Å². The predicted octanol–water partition coefficient (Wildman–Crippen LogP) is 3.20. The van der Waals surface area contributed by atoms with Gasteiger partial charge < -0.3 is 4.90 Å². The fourth-order valence-corrected chi connectivity index (χ4v) is 3.11. The third-order valence-electron chi connectivity index (χ3n) is 3.06. The van der Waals surface area contributed by atoms with Gasteiger partial charge >= 0.3 is 6.18 Å². The highest BCUT2D eigenvalue weighted by Crippen LogP contribution is 2.38. The number of halogens is 3. The van der Waals surface area contributed by atoms with Gasteiger partial charge in [-0.25, -0.2) is 0 Å². The Bertz CT molecular complexity index is 580. The molecule has 1 aromatic rings. The molecule has 0 saturated heterocycles. The van der Waals surface area contributed by atoms with Crippen molar-refractivity contribution in [2.24, 2.45) is 4.99 Å². The maximum absolute atomic E-state index is 12.7. The number of hydrogen-bond donors (Lipinski definition) is 1. The van der Waals surface area contributed by atoms with Crippen molar-refractivity contribution in [2.45, 2.75) is 17.5 Å². The van der Waals surface area contributed by atoms with Crippen LogP contribution in [-0.2, 0) is 6.18 Å². The number of amidine groups is 2. The topological polar surface area (TPSA) is 39.5 Å². The van der Waals surface area contributed by atoms with E-state index in [1.807, 2.05) is 0 Å². The molecule has 0 atom stereocenters. The molecule has 0 radical (unpaired) electrons. The highest BCUT2D eigenvalue weighted by Gasteiger charge is 2.34. The smallest absolute Gasteiger partial charge is 0.305 e. The Hall–Kier alpha value is -1.50. The molecule has 0 aliphatic carbocycles. The first-order valence-corrected chi connectivity index (χ1v) is 6.58. The van der Waals surface area contributed by atoms with E-state index < -0.39 is 11.7 Å². The van der Waals surface area contributed by atoms with Gasteiger partial charge in [-0.3, -0.25) is 10.4 Å². The normalized spacial score (nSPS) is 18.8. The average Bonchev–Trinajstić information content (AvgIpc) is 2.37. The standard InChI is InChI=1S/C12H10F3N3S/c13-12(14,15)7-2-3-8-9(6-7)19-11(16)18-5-1-4-17-10(8)18/h2-3,6,16H,1,4-5H2. The Morgan fingerprint density at radius 2 is 2.11 bits per heavy atom. The van der Waals surface area contributed by atoms with Gasteiger partial charge in [-0.1, -0.05) is 11.8 Å². The summed E-state index contributed by atoms with van der Waals surface area (Å²) < 4.78 is 38.1. The summed E-state index contributed by atoms with van der Waals surface area (Å²) in [4.78, 5) is 6.55. The zero-order valence-electron chi connectivity index (χ0n) is 9.79. The Morgan fingerprint density at radius 3 is 2.84 bits per heavy atom. The van der Waals surface area contributed by atoms with Crippen LogP contribution in [0.2, 0.25) is 0 Å². The van der Waals surface area contributed by atoms with Gasteiger partial charge in [0.15, 0.2) is 5.17 Å². The van der Waals surface area contributed by atoms with E-state index >= 15 is 0 Å². The quantitative estimate of drug-likeness (QED) is 0.795. The Morgan fingerprint density at radius 1 is 1.32 bits per heavy atom. The summed E-state index contributed by atoms with van der Waals surface area (Å²) in [7, 11) is 0. The molecule has 0 amide bonds. The number of thioether (sulfide) groups is 1. The van der Waals surface area contributed by atoms with Gasteiger partial charge in [0.25, 0.3) is 0 Å². The van der Waals surface area contributed by atoms with Crippen molar-refractivity contribution in [3.63, 3.8) is 0 Å². The number of nitrogens with one attached hydrogen (secondary N) is 1. The van der Waals surface area contributed by atoms with Crippen LogP contribution >= 0.6 is 11.8 Å². The van der Waals surface area contributed by atoms with Gasteiger partial charge in [-0.15, -0.1) is 0 Å². The minimum Gasteiger partial charge on any atom is -0.305 e. The molecule has 0 fully saturated rings. The molecule has 1 aromatic carbocycles. The number of aliphatic imine (C=N–C) groups is 1. The minimum absolute atomic E-state index is 0.241. The van der Waals surface area contributed by atoms with Crippen molar-refractivity contribution in [3.8, 4) is 0 Å². The zero-order valence-corrected chi connectivity index (χ0v) is 10.6. The van der Waals surface area contributed by atoms with Crippen LogP contribution in [0.25, 0.3) is 0 Å². The molecule has 0 saturated carbocycles. The first-order valence-electron chi connectivity index (χ1n) is 5.77. The molecule has 7 heteroatoms. The number of alkyl halides is 3. The maximum atomic E-state index is 12.7. The first-order chi connectivity index (χ1) is 8.97. The van der Waals surface area contributed by atoms with E-state index in [1.165, 1.54) is 6.07 Å². The van der Waals surface area contributed by atoms with Crippen LogP contribution in [0.4, 0.5) is 13.2 Å². The monoisotopic (exact) mass is 285 g/mol. The molecule has 2 aliphatic heterocycles. The van der Waals surface area contributed by atoms with Crippen LogP contribution in [0, 0.1) is 5.41 Å². The van der Waals surface area contributed by atoms with Crippen LogP contribution in [0.15, 0.2) is 28.1 Å². The van der Waals surface area contributed by atoms with Crippen molar-refractivity contribution in [3.05, 3.63) is 29.3 Å². The molecule has 0 unspecified atom stereocenters. The van der Waals surface area contributed by atoms with Gasteiger partial charge in [0, 0.05) is 23.5 Å². The number of nitrogens with zero attached hydrogens (tertiary/aromatic N) is 2. The van der Waals surface area contributed by atoms with Crippen LogP contribution in [-0.4, -0.2) is 29.0 Å². The molecular formula is C12H10F3N3S. The van der Waals surface area contributed by atoms with Gasteiger partial charge in [0.05, 0.1) is 5.56 Å². The largest absolute Gasteiger partial charge is 0.416 e. The minimum atomic E-state index is -4.36. The van der Waals surface area contributed by atoms with E-state index in [2.05, 4.69) is 4.99 Å². The number of rotatable bonds is 0. The van der Waals surface area contributed by atoms with E-state index in [0.29, 0.717) is 29.4 Å². The van der Waals surface area contributed by atoms with E-state index in [9.17, 15) is 13.2 Å². The molecule has 3 nitrogen and oxygen atoms in total. The number of hydrogen-bond acceptors (Lipinski definition) is 3. The van der Waals surface area contributed by atoms with Crippen LogP contribution in [0.1, 0.15) is 17.5 Å². The summed E-state index contributed by atoms with van der Waals surface area (Å²) in [6, 6.07) is 3.63. The average molecular weight is 285 g/mol. The SMILES string of the molecule is N=C1Sc2cc(C(F)(F)F)ccc2C2=NCCCN12. The van der Waals surface area contributed by atoms with E-state index in [-0.39, 0.29) is 5.17 Å². The number of benzene rings is 1. The van der Waals surface area contributed by atoms with Crippen molar-refractivity contribution < 1.29 is 13.2 Å². The van der Waals surface area contributed by atoms with Gasteiger partial charge in [0.2, 0.25) is 0 Å². The fourth-order valence-electron chi connectivity index (χ4n) is 2.16. The number of fused-ring (bicyclic) bond motifs is 3. The summed E-state index contributed by atoms with van der Waals surface area (Å²) in [5.41, 5.74) is 0.00473. The van der Waals surface area contributed by atoms with Crippen LogP contribution in [0.5, 0.6) is 0 Å². The van der Waals surface area contributed by atoms with Crippen molar-refractivity contribution in [1.82, 2.24) is 4.90 Å². The second-order valence-electron chi connectivity index (χ2n) is 4.33. The van der Waals surface area contributed by atoms with E-state index in [1.54, 1.807) is 4.90 Å². The Balaban J connectivity index is 2.10. The lowest BCUT2D eigenvalue weighted by Gasteiger charge is -2.34. The molecule has 0 aromatic heterocycles. The third kappa shape index (κ3) is 2.11. The van der Waals surface area contributed by atoms with Crippen molar-refractivity contribution in [1.29, 1.82) is 5.41 Å². The molecule has 0 bridgehead atoms. The van der Waals surface area contributed by atoms with Gasteiger partial charge in [0.1, 0.15) is 5.84 Å². The fraction of sp³-hybridized carbons (Fsp3) is 0.333. The lowest BCUT2D eigenvalue weighted by molar-refractivity contribution is -0.137. The predicted molar refractivity (Wildman–Crippen MR) is 67.8 cm³/mol. The summed E-state index contributed by atoms with van der Waals surface area (Å²) in [5.74, 6) is 0.624. The molecule has 100 valence electrons. The summed E-state index contributed by atoms with van der Waals surface area (Å²) in [5, 5.41) is 8.14. The lowest BCUT2D eigenvalue weighted by atomic mass is 10.1. The summed E-state index contributed by atoms with van der Waals surface area (Å²) in [6.45, 7) is 1.36. The van der Waals surface area contributed by atoms with Crippen LogP contribution < -0.4 is 0 Å². The van der Waals surface area contributed by atoms with Crippen LogP contribution in [0.3, 0.4) is 0 Å². The Kier molecular flexibility index (Phi) is 2.81. The highest BCUT2D eigenvalue weighted by molar-refractivity contribution is 8.14. The maximum Gasteiger partial charge on any atom is 0.416 e. The second kappa shape index (κ2) is 4.26. The first kappa shape index (κ1) is 12.5. The van der Waals surface area contributed by atoms with E-state index in [4.69, 9.17) is 5.41 Å². The zero-order chi connectivity index (χ0) is 13.6. The van der Waals surface area contributed by atoms with Gasteiger partial charge in [-0.2, -0.15) is 13.2 Å². The molecule has 2 heterocycles. The summed E-state index contributed by atoms with van der Waals surface area (Å²) >= 11 is 1.06. The summed E-state index contributed by atoms with van der Waals surface area (Å²) in [6.07, 6.45) is -3.49. The third-order valence-corrected chi connectivity index (χ3v) is 4.03. The lowest BCUT2D eigenvalue weighted by Crippen LogP contribution is -2.42. The second-order valence-corrected chi connectivity index (χ2v) is 5.36. The molecular weight excluding hydrogens is 275 g/mol. The molecule has 1 N–H and O–H groups in total. The molecule has 2 aliphatic rings. The molecule has 0 spiro atoms. The van der Waals surface area contributed by atoms with Crippen molar-refractivity contribution >= 4 is 22.8 Å². The van der Waals surface area contributed by atoms with Gasteiger partial charge in [-0.05, 0) is 24.6 Å². The van der Waals surface area contributed by atoms with E-state index in [0.717, 1.165) is 30.3 Å². The Labute approximate surface area is 112 Å². The molecule has 19 heavy (non-hydrogen) atoms. The molecule has 3 rings (SSSR count). The highest BCUT2D eigenvalue weighted by atomic mass is 32.2.